The molecule has 13 heavy (non-hydrogen) atoms. The number of hydrogen-bond acceptors (Lipinski definition) is 2. The van der Waals surface area contributed by atoms with Crippen LogP contribution in [0.4, 0.5) is 0 Å². The lowest BCUT2D eigenvalue weighted by atomic mass is 9.84. The highest BCUT2D eigenvalue weighted by molar-refractivity contribution is 5.23. The lowest BCUT2D eigenvalue weighted by Gasteiger charge is -2.25. The predicted molar refractivity (Wildman–Crippen MR) is 54.6 cm³/mol. The summed E-state index contributed by atoms with van der Waals surface area (Å²) in [5.74, 6) is 0. The summed E-state index contributed by atoms with van der Waals surface area (Å²) in [6.45, 7) is 7.24. The molecule has 0 atom stereocenters. The van der Waals surface area contributed by atoms with Gasteiger partial charge in [0.2, 0.25) is 0 Å². The molecule has 1 heterocycles. The Balaban J connectivity index is 3.05. The van der Waals surface area contributed by atoms with Crippen LogP contribution < -0.4 is 5.73 Å². The van der Waals surface area contributed by atoms with Crippen molar-refractivity contribution < 1.29 is 0 Å². The Morgan fingerprint density at radius 1 is 1.54 bits per heavy atom. The summed E-state index contributed by atoms with van der Waals surface area (Å²) in [6.07, 6.45) is 2.90. The Labute approximate surface area is 79.9 Å². The van der Waals surface area contributed by atoms with Crippen molar-refractivity contribution in [2.75, 3.05) is 6.54 Å². The Morgan fingerprint density at radius 3 is 2.54 bits per heavy atom. The molecule has 0 bridgehead atoms. The molecule has 0 aromatic carbocycles. The van der Waals surface area contributed by atoms with E-state index in [1.807, 2.05) is 17.9 Å². The van der Waals surface area contributed by atoms with E-state index in [2.05, 4.69) is 25.9 Å². The van der Waals surface area contributed by atoms with Crippen LogP contribution in [0.1, 0.15) is 31.5 Å². The lowest BCUT2D eigenvalue weighted by Crippen LogP contribution is -2.25. The van der Waals surface area contributed by atoms with E-state index in [-0.39, 0.29) is 5.41 Å². The molecule has 3 heteroatoms. The number of nitrogens with zero attached hydrogens (tertiary/aromatic N) is 2. The van der Waals surface area contributed by atoms with Gasteiger partial charge in [-0.25, -0.2) is 0 Å². The fourth-order valence-corrected chi connectivity index (χ4v) is 2.00. The molecule has 0 saturated heterocycles. The number of rotatable bonds is 3. The molecule has 2 N–H and O–H groups in total. The van der Waals surface area contributed by atoms with Crippen LogP contribution in [0.25, 0.3) is 0 Å². The van der Waals surface area contributed by atoms with Gasteiger partial charge in [-0.3, -0.25) is 4.68 Å². The van der Waals surface area contributed by atoms with Crippen LogP contribution in [0.3, 0.4) is 0 Å². The highest BCUT2D eigenvalue weighted by Crippen LogP contribution is 2.28. The van der Waals surface area contributed by atoms with Gasteiger partial charge >= 0.3 is 0 Å². The number of aromatic nitrogens is 2. The third-order valence-corrected chi connectivity index (χ3v) is 2.53. The number of nitrogens with two attached hydrogens (primary N) is 1. The Hall–Kier alpha value is -0.830. The maximum absolute atomic E-state index is 5.59. The molecule has 0 spiro atoms. The molecular weight excluding hydrogens is 162 g/mol. The highest BCUT2D eigenvalue weighted by Gasteiger charge is 2.24. The highest BCUT2D eigenvalue weighted by atomic mass is 15.3. The van der Waals surface area contributed by atoms with E-state index in [1.54, 1.807) is 0 Å². The van der Waals surface area contributed by atoms with E-state index in [0.29, 0.717) is 0 Å². The third kappa shape index (κ3) is 1.91. The SMILES string of the molecule is Cc1cnn(C)c1C(C)(C)CCN. The van der Waals surface area contributed by atoms with Crippen molar-refractivity contribution in [3.8, 4) is 0 Å². The first-order valence-corrected chi connectivity index (χ1v) is 4.68. The largest absolute Gasteiger partial charge is 0.330 e. The fourth-order valence-electron chi connectivity index (χ4n) is 2.00. The van der Waals surface area contributed by atoms with Crippen LogP contribution in [0.5, 0.6) is 0 Å². The maximum atomic E-state index is 5.59. The van der Waals surface area contributed by atoms with Crippen LogP contribution in [0.2, 0.25) is 0 Å². The van der Waals surface area contributed by atoms with Gasteiger partial charge in [-0.1, -0.05) is 13.8 Å². The zero-order valence-corrected chi connectivity index (χ0v) is 8.96. The Bertz CT molecular complexity index is 267. The van der Waals surface area contributed by atoms with Crippen molar-refractivity contribution >= 4 is 0 Å². The topological polar surface area (TPSA) is 43.8 Å². The molecule has 0 aliphatic rings. The van der Waals surface area contributed by atoms with Crippen LogP contribution in [0, 0.1) is 6.92 Å². The van der Waals surface area contributed by atoms with E-state index >= 15 is 0 Å². The first-order valence-electron chi connectivity index (χ1n) is 4.68. The molecule has 0 aliphatic carbocycles. The van der Waals surface area contributed by atoms with Crippen LogP contribution >= 0.6 is 0 Å². The Morgan fingerprint density at radius 2 is 2.15 bits per heavy atom. The van der Waals surface area contributed by atoms with Crippen molar-refractivity contribution in [2.45, 2.75) is 32.6 Å². The van der Waals surface area contributed by atoms with Gasteiger partial charge in [-0.05, 0) is 25.5 Å². The summed E-state index contributed by atoms with van der Waals surface area (Å²) in [7, 11) is 1.99. The molecule has 1 rings (SSSR count). The zero-order chi connectivity index (χ0) is 10.1. The monoisotopic (exact) mass is 181 g/mol. The first-order chi connectivity index (χ1) is 5.99. The van der Waals surface area contributed by atoms with E-state index in [9.17, 15) is 0 Å². The number of hydrogen-bond donors (Lipinski definition) is 1. The molecule has 0 aliphatic heterocycles. The maximum Gasteiger partial charge on any atom is 0.0521 e. The summed E-state index contributed by atoms with van der Waals surface area (Å²) in [5.41, 5.74) is 8.26. The van der Waals surface area contributed by atoms with Crippen molar-refractivity contribution in [1.29, 1.82) is 0 Å². The molecule has 3 nitrogen and oxygen atoms in total. The Kier molecular flexibility index (Phi) is 2.76. The molecule has 0 saturated carbocycles. The van der Waals surface area contributed by atoms with Crippen molar-refractivity contribution in [3.63, 3.8) is 0 Å². The minimum Gasteiger partial charge on any atom is -0.330 e. The molecular formula is C10H19N3. The van der Waals surface area contributed by atoms with Crippen LogP contribution in [-0.4, -0.2) is 16.3 Å². The first kappa shape index (κ1) is 10.3. The molecule has 0 radical (unpaired) electrons. The van der Waals surface area contributed by atoms with Crippen molar-refractivity contribution in [1.82, 2.24) is 9.78 Å². The summed E-state index contributed by atoms with van der Waals surface area (Å²) < 4.78 is 1.95. The third-order valence-electron chi connectivity index (χ3n) is 2.53. The molecule has 0 unspecified atom stereocenters. The lowest BCUT2D eigenvalue weighted by molar-refractivity contribution is 0.445. The predicted octanol–water partition coefficient (Wildman–Crippen LogP) is 1.35. The van der Waals surface area contributed by atoms with E-state index in [1.165, 1.54) is 11.3 Å². The fraction of sp³-hybridized carbons (Fsp3) is 0.700. The minimum absolute atomic E-state index is 0.129. The summed E-state index contributed by atoms with van der Waals surface area (Å²) >= 11 is 0. The summed E-state index contributed by atoms with van der Waals surface area (Å²) in [6, 6.07) is 0. The second-order valence-corrected chi connectivity index (χ2v) is 4.22. The van der Waals surface area contributed by atoms with E-state index in [4.69, 9.17) is 5.73 Å². The van der Waals surface area contributed by atoms with E-state index in [0.717, 1.165) is 13.0 Å². The quantitative estimate of drug-likeness (QED) is 0.765. The van der Waals surface area contributed by atoms with E-state index < -0.39 is 0 Å². The molecule has 74 valence electrons. The van der Waals surface area contributed by atoms with Gasteiger partial charge in [0.1, 0.15) is 0 Å². The minimum atomic E-state index is 0.129. The van der Waals surface area contributed by atoms with Gasteiger partial charge in [0.25, 0.3) is 0 Å². The van der Waals surface area contributed by atoms with Gasteiger partial charge in [0.15, 0.2) is 0 Å². The van der Waals surface area contributed by atoms with Crippen molar-refractivity contribution in [3.05, 3.63) is 17.5 Å². The summed E-state index contributed by atoms with van der Waals surface area (Å²) in [5, 5.41) is 4.24. The average molecular weight is 181 g/mol. The zero-order valence-electron chi connectivity index (χ0n) is 8.96. The second kappa shape index (κ2) is 3.50. The standard InChI is InChI=1S/C10H19N3/c1-8-7-12-13(4)9(8)10(2,3)5-6-11/h7H,5-6,11H2,1-4H3. The summed E-state index contributed by atoms with van der Waals surface area (Å²) in [4.78, 5) is 0. The van der Waals surface area contributed by atoms with Crippen molar-refractivity contribution in [2.24, 2.45) is 12.8 Å². The number of aryl methyl sites for hydroxylation is 2. The second-order valence-electron chi connectivity index (χ2n) is 4.22. The molecule has 1 aromatic heterocycles. The smallest absolute Gasteiger partial charge is 0.0521 e. The molecule has 1 aromatic rings. The average Bonchev–Trinajstić information content (AvgIpc) is 2.31. The van der Waals surface area contributed by atoms with Gasteiger partial charge < -0.3 is 5.73 Å². The van der Waals surface area contributed by atoms with Gasteiger partial charge in [0.05, 0.1) is 6.20 Å². The van der Waals surface area contributed by atoms with Gasteiger partial charge in [0, 0.05) is 18.2 Å². The normalized spacial score (nSPS) is 12.1. The van der Waals surface area contributed by atoms with Gasteiger partial charge in [-0.15, -0.1) is 0 Å². The molecule has 0 fully saturated rings. The molecule has 0 amide bonds. The van der Waals surface area contributed by atoms with Gasteiger partial charge in [-0.2, -0.15) is 5.10 Å². The van der Waals surface area contributed by atoms with Crippen LogP contribution in [0.15, 0.2) is 6.20 Å². The van der Waals surface area contributed by atoms with Crippen LogP contribution in [-0.2, 0) is 12.5 Å².